The molecule has 1 fully saturated rings. The molecule has 0 radical (unpaired) electrons. The van der Waals surface area contributed by atoms with Gasteiger partial charge in [0.05, 0.1) is 5.92 Å². The number of nitrogens with one attached hydrogen (secondary N) is 1. The Morgan fingerprint density at radius 2 is 2.15 bits per heavy atom. The van der Waals surface area contributed by atoms with Crippen LogP contribution in [-0.2, 0) is 4.79 Å². The summed E-state index contributed by atoms with van der Waals surface area (Å²) in [5.74, 6) is -2.06. The summed E-state index contributed by atoms with van der Waals surface area (Å²) in [5.41, 5.74) is 2.74. The van der Waals surface area contributed by atoms with Gasteiger partial charge in [0.2, 0.25) is 5.91 Å². The van der Waals surface area contributed by atoms with E-state index in [2.05, 4.69) is 5.32 Å². The molecule has 1 aliphatic heterocycles. The molecule has 1 heterocycles. The SMILES string of the molecule is CC1(C(F)(F)F)NCCC1C(N)=O. The average Bonchev–Trinajstić information content (AvgIpc) is 2.30. The first-order valence-corrected chi connectivity index (χ1v) is 3.90. The lowest BCUT2D eigenvalue weighted by Crippen LogP contribution is -2.57. The van der Waals surface area contributed by atoms with Crippen molar-refractivity contribution < 1.29 is 18.0 Å². The monoisotopic (exact) mass is 196 g/mol. The van der Waals surface area contributed by atoms with Crippen molar-refractivity contribution in [1.82, 2.24) is 5.32 Å². The number of hydrogen-bond donors (Lipinski definition) is 2. The molecule has 0 aromatic rings. The highest BCUT2D eigenvalue weighted by Crippen LogP contribution is 2.40. The molecule has 2 unspecified atom stereocenters. The number of halogens is 3. The lowest BCUT2D eigenvalue weighted by atomic mass is 9.86. The molecule has 1 amide bonds. The number of amides is 1. The van der Waals surface area contributed by atoms with Crippen LogP contribution in [0.2, 0.25) is 0 Å². The van der Waals surface area contributed by atoms with E-state index in [4.69, 9.17) is 5.73 Å². The Hall–Kier alpha value is -0.780. The highest BCUT2D eigenvalue weighted by Gasteiger charge is 2.59. The maximum absolute atomic E-state index is 12.5. The van der Waals surface area contributed by atoms with Crippen molar-refractivity contribution in [2.75, 3.05) is 6.54 Å². The highest BCUT2D eigenvalue weighted by molar-refractivity contribution is 5.78. The summed E-state index contributed by atoms with van der Waals surface area (Å²) in [5, 5.41) is 2.28. The largest absolute Gasteiger partial charge is 0.407 e. The van der Waals surface area contributed by atoms with Gasteiger partial charge in [-0.2, -0.15) is 13.2 Å². The standard InChI is InChI=1S/C7H11F3N2O/c1-6(7(8,9)10)4(5(11)13)2-3-12-6/h4,12H,2-3H2,1H3,(H2,11,13). The zero-order chi connectivity index (χ0) is 10.3. The van der Waals surface area contributed by atoms with E-state index < -0.39 is 23.5 Å². The Kier molecular flexibility index (Phi) is 2.27. The smallest absolute Gasteiger partial charge is 0.369 e. The van der Waals surface area contributed by atoms with E-state index in [1.807, 2.05) is 0 Å². The summed E-state index contributed by atoms with van der Waals surface area (Å²) < 4.78 is 37.5. The van der Waals surface area contributed by atoms with Gasteiger partial charge < -0.3 is 11.1 Å². The molecule has 2 atom stereocenters. The number of nitrogens with two attached hydrogens (primary N) is 1. The van der Waals surface area contributed by atoms with Gasteiger partial charge in [-0.1, -0.05) is 0 Å². The number of rotatable bonds is 1. The fraction of sp³-hybridized carbons (Fsp3) is 0.857. The molecule has 0 aliphatic carbocycles. The second-order valence-electron chi connectivity index (χ2n) is 3.37. The van der Waals surface area contributed by atoms with Crippen LogP contribution in [0.1, 0.15) is 13.3 Å². The first-order chi connectivity index (χ1) is 5.79. The van der Waals surface area contributed by atoms with Crippen LogP contribution in [0.15, 0.2) is 0 Å². The number of alkyl halides is 3. The maximum Gasteiger partial charge on any atom is 0.407 e. The second-order valence-corrected chi connectivity index (χ2v) is 3.37. The third kappa shape index (κ3) is 1.50. The molecule has 6 heteroatoms. The van der Waals surface area contributed by atoms with Crippen LogP contribution in [0.3, 0.4) is 0 Å². The minimum atomic E-state index is -4.44. The topological polar surface area (TPSA) is 55.1 Å². The summed E-state index contributed by atoms with van der Waals surface area (Å²) >= 11 is 0. The summed E-state index contributed by atoms with van der Waals surface area (Å²) in [6.45, 7) is 1.14. The number of hydrogen-bond acceptors (Lipinski definition) is 2. The Morgan fingerprint density at radius 3 is 2.46 bits per heavy atom. The zero-order valence-electron chi connectivity index (χ0n) is 7.11. The summed E-state index contributed by atoms with van der Waals surface area (Å²) in [7, 11) is 0. The number of carbonyl (C=O) groups excluding carboxylic acids is 1. The van der Waals surface area contributed by atoms with Crippen LogP contribution in [0.5, 0.6) is 0 Å². The Labute approximate surface area is 73.5 Å². The Balaban J connectivity index is 2.95. The third-order valence-corrected chi connectivity index (χ3v) is 2.55. The molecule has 0 aromatic carbocycles. The van der Waals surface area contributed by atoms with Gasteiger partial charge in [0.1, 0.15) is 5.54 Å². The van der Waals surface area contributed by atoms with Crippen LogP contribution < -0.4 is 11.1 Å². The minimum absolute atomic E-state index is 0.144. The fourth-order valence-corrected chi connectivity index (χ4v) is 1.61. The normalized spacial score (nSPS) is 34.9. The minimum Gasteiger partial charge on any atom is -0.369 e. The van der Waals surface area contributed by atoms with Gasteiger partial charge >= 0.3 is 6.18 Å². The molecule has 0 aromatic heterocycles. The molecule has 0 bridgehead atoms. The fourth-order valence-electron chi connectivity index (χ4n) is 1.61. The second kappa shape index (κ2) is 2.87. The molecule has 76 valence electrons. The van der Waals surface area contributed by atoms with Gasteiger partial charge in [-0.25, -0.2) is 0 Å². The highest BCUT2D eigenvalue weighted by atomic mass is 19.4. The van der Waals surface area contributed by atoms with Gasteiger partial charge in [-0.3, -0.25) is 4.79 Å². The van der Waals surface area contributed by atoms with E-state index in [1.165, 1.54) is 0 Å². The van der Waals surface area contributed by atoms with Gasteiger partial charge in [-0.15, -0.1) is 0 Å². The average molecular weight is 196 g/mol. The molecule has 0 saturated carbocycles. The van der Waals surface area contributed by atoms with Crippen molar-refractivity contribution in [3.63, 3.8) is 0 Å². The molecular formula is C7H11F3N2O. The maximum atomic E-state index is 12.5. The van der Waals surface area contributed by atoms with Gasteiger partial charge in [0.15, 0.2) is 0 Å². The Morgan fingerprint density at radius 1 is 1.62 bits per heavy atom. The first kappa shape index (κ1) is 10.3. The van der Waals surface area contributed by atoms with E-state index in [1.54, 1.807) is 0 Å². The lowest BCUT2D eigenvalue weighted by Gasteiger charge is -2.31. The molecule has 0 spiro atoms. The van der Waals surface area contributed by atoms with E-state index in [-0.39, 0.29) is 13.0 Å². The Bertz CT molecular complexity index is 228. The van der Waals surface area contributed by atoms with Crippen molar-refractivity contribution in [3.8, 4) is 0 Å². The third-order valence-electron chi connectivity index (χ3n) is 2.55. The van der Waals surface area contributed by atoms with Gasteiger partial charge in [0, 0.05) is 0 Å². The van der Waals surface area contributed by atoms with Crippen molar-refractivity contribution in [3.05, 3.63) is 0 Å². The van der Waals surface area contributed by atoms with Crippen LogP contribution in [0.25, 0.3) is 0 Å². The van der Waals surface area contributed by atoms with Crippen LogP contribution >= 0.6 is 0 Å². The van der Waals surface area contributed by atoms with E-state index in [0.717, 1.165) is 6.92 Å². The molecule has 13 heavy (non-hydrogen) atoms. The summed E-state index contributed by atoms with van der Waals surface area (Å²) in [6, 6.07) is 0. The number of carbonyl (C=O) groups is 1. The predicted octanol–water partition coefficient (Wildman–Crippen LogP) is 0.402. The van der Waals surface area contributed by atoms with Gasteiger partial charge in [0.25, 0.3) is 0 Å². The summed E-state index contributed by atoms with van der Waals surface area (Å²) in [4.78, 5) is 10.7. The van der Waals surface area contributed by atoms with Crippen LogP contribution in [0.4, 0.5) is 13.2 Å². The quantitative estimate of drug-likeness (QED) is 0.637. The van der Waals surface area contributed by atoms with E-state index >= 15 is 0 Å². The van der Waals surface area contributed by atoms with Crippen LogP contribution in [-0.4, -0.2) is 24.2 Å². The van der Waals surface area contributed by atoms with Crippen molar-refractivity contribution in [1.29, 1.82) is 0 Å². The van der Waals surface area contributed by atoms with Crippen molar-refractivity contribution >= 4 is 5.91 Å². The summed E-state index contributed by atoms with van der Waals surface area (Å²) in [6.07, 6.45) is -4.30. The van der Waals surface area contributed by atoms with E-state index in [0.29, 0.717) is 0 Å². The molecule has 1 aliphatic rings. The van der Waals surface area contributed by atoms with Crippen LogP contribution in [0, 0.1) is 5.92 Å². The van der Waals surface area contributed by atoms with Gasteiger partial charge in [-0.05, 0) is 19.9 Å². The molecule has 1 rings (SSSR count). The molecule has 3 nitrogen and oxygen atoms in total. The number of primary amides is 1. The molecule has 1 saturated heterocycles. The molecule has 3 N–H and O–H groups in total. The van der Waals surface area contributed by atoms with E-state index in [9.17, 15) is 18.0 Å². The van der Waals surface area contributed by atoms with Crippen molar-refractivity contribution in [2.24, 2.45) is 11.7 Å². The molecular weight excluding hydrogens is 185 g/mol. The van der Waals surface area contributed by atoms with Crippen molar-refractivity contribution in [2.45, 2.75) is 25.1 Å². The predicted molar refractivity (Wildman–Crippen MR) is 39.8 cm³/mol. The first-order valence-electron chi connectivity index (χ1n) is 3.90. The zero-order valence-corrected chi connectivity index (χ0v) is 7.11. The lowest BCUT2D eigenvalue weighted by molar-refractivity contribution is -0.199.